The Hall–Kier alpha value is -1.39. The molecule has 0 saturated heterocycles. The lowest BCUT2D eigenvalue weighted by Crippen LogP contribution is -2.22. The highest BCUT2D eigenvalue weighted by Crippen LogP contribution is 2.38. The van der Waals surface area contributed by atoms with E-state index in [4.69, 9.17) is 0 Å². The maximum absolute atomic E-state index is 10.9. The summed E-state index contributed by atoms with van der Waals surface area (Å²) in [6.45, 7) is 0. The van der Waals surface area contributed by atoms with Crippen LogP contribution < -0.4 is 5.11 Å². The van der Waals surface area contributed by atoms with Gasteiger partial charge in [0.15, 0.2) is 0 Å². The fraction of sp³-hybridized carbons (Fsp3) is 0. The van der Waals surface area contributed by atoms with Crippen LogP contribution in [0, 0.1) is 0 Å². The highest BCUT2D eigenvalue weighted by molar-refractivity contribution is 8.76. The van der Waals surface area contributed by atoms with E-state index >= 15 is 0 Å². The zero-order valence-electron chi connectivity index (χ0n) is 8.83. The zero-order chi connectivity index (χ0) is 12.1. The summed E-state index contributed by atoms with van der Waals surface area (Å²) in [6, 6.07) is 16.7. The molecule has 0 aliphatic carbocycles. The molecular formula is C13H9O2S2-. The molecule has 2 rings (SSSR count). The van der Waals surface area contributed by atoms with E-state index in [2.05, 4.69) is 0 Å². The van der Waals surface area contributed by atoms with Gasteiger partial charge in [-0.25, -0.2) is 0 Å². The van der Waals surface area contributed by atoms with Gasteiger partial charge in [0.05, 0.1) is 5.97 Å². The van der Waals surface area contributed by atoms with E-state index in [9.17, 15) is 9.90 Å². The largest absolute Gasteiger partial charge is 0.545 e. The van der Waals surface area contributed by atoms with Crippen molar-refractivity contribution in [2.75, 3.05) is 0 Å². The van der Waals surface area contributed by atoms with Gasteiger partial charge in [0.25, 0.3) is 0 Å². The standard InChI is InChI=1S/C13H10O2S2/c14-13(15)11-8-4-5-9-12(11)17-16-10-6-2-1-3-7-10/h1-9H,(H,14,15)/p-1. The molecule has 0 radical (unpaired) electrons. The average molecular weight is 261 g/mol. The minimum atomic E-state index is -1.14. The average Bonchev–Trinajstić information content (AvgIpc) is 2.38. The number of carbonyl (C=O) groups excluding carboxylic acids is 1. The maximum atomic E-state index is 10.9. The monoisotopic (exact) mass is 261 g/mol. The highest BCUT2D eigenvalue weighted by Gasteiger charge is 2.04. The van der Waals surface area contributed by atoms with Gasteiger partial charge < -0.3 is 9.90 Å². The van der Waals surface area contributed by atoms with E-state index in [1.54, 1.807) is 18.2 Å². The lowest BCUT2D eigenvalue weighted by atomic mass is 10.2. The quantitative estimate of drug-likeness (QED) is 0.793. The van der Waals surface area contributed by atoms with Crippen molar-refractivity contribution in [1.29, 1.82) is 0 Å². The van der Waals surface area contributed by atoms with Crippen molar-refractivity contribution in [3.8, 4) is 0 Å². The van der Waals surface area contributed by atoms with Gasteiger partial charge in [0, 0.05) is 15.4 Å². The summed E-state index contributed by atoms with van der Waals surface area (Å²) in [7, 11) is 2.95. The predicted octanol–water partition coefficient (Wildman–Crippen LogP) is 2.85. The van der Waals surface area contributed by atoms with Crippen molar-refractivity contribution in [1.82, 2.24) is 0 Å². The third-order valence-electron chi connectivity index (χ3n) is 2.08. The van der Waals surface area contributed by atoms with Gasteiger partial charge in [-0.1, -0.05) is 58.0 Å². The number of rotatable bonds is 4. The van der Waals surface area contributed by atoms with Crippen LogP contribution in [0.2, 0.25) is 0 Å². The van der Waals surface area contributed by atoms with Crippen LogP contribution in [0.3, 0.4) is 0 Å². The second-order valence-corrected chi connectivity index (χ2v) is 5.51. The molecule has 0 saturated carbocycles. The van der Waals surface area contributed by atoms with Gasteiger partial charge in [-0.3, -0.25) is 0 Å². The molecule has 0 spiro atoms. The van der Waals surface area contributed by atoms with Gasteiger partial charge in [0.2, 0.25) is 0 Å². The first-order valence-electron chi connectivity index (χ1n) is 4.97. The molecule has 17 heavy (non-hydrogen) atoms. The highest BCUT2D eigenvalue weighted by atomic mass is 33.1. The molecule has 0 unspecified atom stereocenters. The first kappa shape index (κ1) is 12.1. The molecule has 0 aliphatic heterocycles. The van der Waals surface area contributed by atoms with Crippen LogP contribution in [0.25, 0.3) is 0 Å². The van der Waals surface area contributed by atoms with Crippen LogP contribution >= 0.6 is 21.6 Å². The Morgan fingerprint density at radius 2 is 1.53 bits per heavy atom. The molecule has 0 atom stereocenters. The molecule has 0 aliphatic rings. The van der Waals surface area contributed by atoms with Crippen LogP contribution in [0.15, 0.2) is 64.4 Å². The van der Waals surface area contributed by atoms with Gasteiger partial charge in [-0.05, 0) is 18.2 Å². The Balaban J connectivity index is 2.12. The minimum Gasteiger partial charge on any atom is -0.545 e. The van der Waals surface area contributed by atoms with Crippen LogP contribution in [0.5, 0.6) is 0 Å². The third kappa shape index (κ3) is 3.28. The lowest BCUT2D eigenvalue weighted by molar-refractivity contribution is -0.255. The number of benzene rings is 2. The van der Waals surface area contributed by atoms with Crippen LogP contribution in [0.4, 0.5) is 0 Å². The van der Waals surface area contributed by atoms with Crippen molar-refractivity contribution < 1.29 is 9.90 Å². The fourth-order valence-electron chi connectivity index (χ4n) is 1.28. The molecule has 0 heterocycles. The Kier molecular flexibility index (Phi) is 4.12. The minimum absolute atomic E-state index is 0.237. The van der Waals surface area contributed by atoms with Gasteiger partial charge in [-0.2, -0.15) is 0 Å². The number of hydrogen-bond donors (Lipinski definition) is 0. The maximum Gasteiger partial charge on any atom is 0.0726 e. The first-order valence-corrected chi connectivity index (χ1v) is 7.12. The van der Waals surface area contributed by atoms with E-state index in [0.29, 0.717) is 4.90 Å². The molecular weight excluding hydrogens is 252 g/mol. The predicted molar refractivity (Wildman–Crippen MR) is 68.9 cm³/mol. The third-order valence-corrected chi connectivity index (χ3v) is 4.53. The Labute approximate surface area is 107 Å². The number of carboxylic acid groups (broad SMARTS) is 1. The summed E-state index contributed by atoms with van der Waals surface area (Å²) in [6.07, 6.45) is 0. The molecule has 0 fully saturated rings. The van der Waals surface area contributed by atoms with Crippen LogP contribution in [0.1, 0.15) is 10.4 Å². The summed E-state index contributed by atoms with van der Waals surface area (Å²) in [5.74, 6) is -1.14. The second kappa shape index (κ2) is 5.80. The Bertz CT molecular complexity index is 512. The van der Waals surface area contributed by atoms with E-state index in [-0.39, 0.29) is 5.56 Å². The van der Waals surface area contributed by atoms with Crippen molar-refractivity contribution in [2.24, 2.45) is 0 Å². The summed E-state index contributed by atoms with van der Waals surface area (Å²) >= 11 is 0. The summed E-state index contributed by atoms with van der Waals surface area (Å²) < 4.78 is 0. The SMILES string of the molecule is O=C([O-])c1ccccc1SSc1ccccc1. The first-order chi connectivity index (χ1) is 8.27. The second-order valence-electron chi connectivity index (χ2n) is 3.26. The van der Waals surface area contributed by atoms with E-state index < -0.39 is 5.97 Å². The molecule has 0 amide bonds. The lowest BCUT2D eigenvalue weighted by Gasteiger charge is -2.08. The molecule has 0 bridgehead atoms. The van der Waals surface area contributed by atoms with E-state index in [1.165, 1.54) is 21.6 Å². The van der Waals surface area contributed by atoms with Crippen LogP contribution in [-0.2, 0) is 0 Å². The molecule has 2 nitrogen and oxygen atoms in total. The normalized spacial score (nSPS) is 10.1. The van der Waals surface area contributed by atoms with E-state index in [0.717, 1.165) is 4.90 Å². The summed E-state index contributed by atoms with van der Waals surface area (Å²) in [4.78, 5) is 12.7. The van der Waals surface area contributed by atoms with Gasteiger partial charge in [0.1, 0.15) is 0 Å². The Morgan fingerprint density at radius 3 is 2.24 bits per heavy atom. The van der Waals surface area contributed by atoms with Crippen LogP contribution in [-0.4, -0.2) is 5.97 Å². The number of carboxylic acids is 1. The molecule has 2 aromatic rings. The number of aromatic carboxylic acids is 1. The topological polar surface area (TPSA) is 40.1 Å². The molecule has 4 heteroatoms. The van der Waals surface area contributed by atoms with Crippen molar-refractivity contribution in [2.45, 2.75) is 9.79 Å². The summed E-state index contributed by atoms with van der Waals surface area (Å²) in [5.41, 5.74) is 0.237. The van der Waals surface area contributed by atoms with Crippen molar-refractivity contribution in [3.05, 3.63) is 60.2 Å². The molecule has 0 N–H and O–H groups in total. The fourth-order valence-corrected chi connectivity index (χ4v) is 3.43. The van der Waals surface area contributed by atoms with E-state index in [1.807, 2.05) is 36.4 Å². The number of hydrogen-bond acceptors (Lipinski definition) is 4. The van der Waals surface area contributed by atoms with Gasteiger partial charge in [-0.15, -0.1) is 0 Å². The molecule has 2 aromatic carbocycles. The number of carbonyl (C=O) groups is 1. The summed E-state index contributed by atoms with van der Waals surface area (Å²) in [5, 5.41) is 10.9. The van der Waals surface area contributed by atoms with Crippen molar-refractivity contribution >= 4 is 27.6 Å². The van der Waals surface area contributed by atoms with Crippen molar-refractivity contribution in [3.63, 3.8) is 0 Å². The Morgan fingerprint density at radius 1 is 0.882 bits per heavy atom. The zero-order valence-corrected chi connectivity index (χ0v) is 10.5. The molecule has 86 valence electrons. The molecule has 0 aromatic heterocycles. The smallest absolute Gasteiger partial charge is 0.0726 e. The van der Waals surface area contributed by atoms with Gasteiger partial charge >= 0.3 is 0 Å².